The molecule has 122 valence electrons. The molecule has 0 bridgehead atoms. The zero-order chi connectivity index (χ0) is 17.0. The van der Waals surface area contributed by atoms with Crippen LogP contribution >= 0.6 is 0 Å². The van der Waals surface area contributed by atoms with Gasteiger partial charge in [0.1, 0.15) is 0 Å². The number of amides is 1. The van der Waals surface area contributed by atoms with Crippen molar-refractivity contribution < 1.29 is 18.0 Å². The van der Waals surface area contributed by atoms with Crippen molar-refractivity contribution in [1.82, 2.24) is 0 Å². The highest BCUT2D eigenvalue weighted by Crippen LogP contribution is 2.33. The zero-order valence-corrected chi connectivity index (χ0v) is 12.8. The Hall–Kier alpha value is -2.50. The molecule has 3 nitrogen and oxygen atoms in total. The normalized spacial score (nSPS) is 11.2. The molecule has 0 unspecified atom stereocenters. The van der Waals surface area contributed by atoms with Crippen LogP contribution in [0.4, 0.5) is 24.5 Å². The van der Waals surface area contributed by atoms with Gasteiger partial charge in [-0.2, -0.15) is 13.2 Å². The van der Waals surface area contributed by atoms with Gasteiger partial charge in [0.05, 0.1) is 12.1 Å². The van der Waals surface area contributed by atoms with Crippen molar-refractivity contribution in [3.8, 4) is 0 Å². The maximum atomic E-state index is 12.9. The zero-order valence-electron chi connectivity index (χ0n) is 12.8. The molecule has 0 spiro atoms. The SMILES string of the molecule is Cc1ccc(NCC(=O)N(C)c2ccccc2)cc1C(F)(F)F. The predicted molar refractivity (Wildman–Crippen MR) is 84.5 cm³/mol. The molecule has 1 amide bonds. The Morgan fingerprint density at radius 3 is 2.39 bits per heavy atom. The molecule has 0 saturated heterocycles. The summed E-state index contributed by atoms with van der Waals surface area (Å²) in [5.41, 5.74) is 0.430. The number of likely N-dealkylation sites (N-methyl/N-ethyl adjacent to an activating group) is 1. The molecule has 0 fully saturated rings. The van der Waals surface area contributed by atoms with Crippen LogP contribution in [0.2, 0.25) is 0 Å². The number of alkyl halides is 3. The molecule has 6 heteroatoms. The molecular weight excluding hydrogens is 305 g/mol. The lowest BCUT2D eigenvalue weighted by Crippen LogP contribution is -2.32. The van der Waals surface area contributed by atoms with Crippen LogP contribution < -0.4 is 10.2 Å². The molecule has 2 aromatic carbocycles. The van der Waals surface area contributed by atoms with E-state index in [0.717, 1.165) is 11.8 Å². The molecule has 2 rings (SSSR count). The highest BCUT2D eigenvalue weighted by molar-refractivity contribution is 5.95. The highest BCUT2D eigenvalue weighted by atomic mass is 19.4. The maximum Gasteiger partial charge on any atom is 0.416 e. The van der Waals surface area contributed by atoms with Gasteiger partial charge in [-0.15, -0.1) is 0 Å². The Bertz CT molecular complexity index is 684. The van der Waals surface area contributed by atoms with Gasteiger partial charge in [0.2, 0.25) is 5.91 Å². The van der Waals surface area contributed by atoms with Crippen LogP contribution in [-0.4, -0.2) is 19.5 Å². The summed E-state index contributed by atoms with van der Waals surface area (Å²) in [6, 6.07) is 13.0. The number of benzene rings is 2. The number of aryl methyl sites for hydroxylation is 1. The molecule has 2 aromatic rings. The van der Waals surface area contributed by atoms with Crippen molar-refractivity contribution >= 4 is 17.3 Å². The lowest BCUT2D eigenvalue weighted by Gasteiger charge is -2.18. The molecule has 0 radical (unpaired) electrons. The van der Waals surface area contributed by atoms with Crippen molar-refractivity contribution in [2.75, 3.05) is 23.8 Å². The van der Waals surface area contributed by atoms with E-state index >= 15 is 0 Å². The van der Waals surface area contributed by atoms with Crippen LogP contribution in [0, 0.1) is 6.92 Å². The fraction of sp³-hybridized carbons (Fsp3) is 0.235. The van der Waals surface area contributed by atoms with Crippen molar-refractivity contribution in [3.63, 3.8) is 0 Å². The molecule has 23 heavy (non-hydrogen) atoms. The monoisotopic (exact) mass is 322 g/mol. The minimum atomic E-state index is -4.41. The molecule has 0 aromatic heterocycles. The Balaban J connectivity index is 2.05. The van der Waals surface area contributed by atoms with Crippen molar-refractivity contribution in [3.05, 3.63) is 59.7 Å². The summed E-state index contributed by atoms with van der Waals surface area (Å²) in [5.74, 6) is -0.245. The van der Waals surface area contributed by atoms with Gasteiger partial charge in [-0.3, -0.25) is 4.79 Å². The number of rotatable bonds is 4. The molecule has 1 N–H and O–H groups in total. The van der Waals surface area contributed by atoms with E-state index < -0.39 is 11.7 Å². The van der Waals surface area contributed by atoms with E-state index in [0.29, 0.717) is 0 Å². The van der Waals surface area contributed by atoms with Gasteiger partial charge in [-0.1, -0.05) is 24.3 Å². The van der Waals surface area contributed by atoms with Crippen LogP contribution in [-0.2, 0) is 11.0 Å². The number of hydrogen-bond acceptors (Lipinski definition) is 2. The third-order valence-electron chi connectivity index (χ3n) is 3.50. The van der Waals surface area contributed by atoms with Crippen LogP contribution in [0.25, 0.3) is 0 Å². The lowest BCUT2D eigenvalue weighted by molar-refractivity contribution is -0.138. The van der Waals surface area contributed by atoms with Gasteiger partial charge in [0, 0.05) is 18.4 Å². The third-order valence-corrected chi connectivity index (χ3v) is 3.50. The smallest absolute Gasteiger partial charge is 0.376 e. The van der Waals surface area contributed by atoms with Gasteiger partial charge in [-0.25, -0.2) is 0 Å². The lowest BCUT2D eigenvalue weighted by atomic mass is 10.1. The first kappa shape index (κ1) is 16.9. The topological polar surface area (TPSA) is 32.3 Å². The van der Waals surface area contributed by atoms with Crippen LogP contribution in [0.3, 0.4) is 0 Å². The maximum absolute atomic E-state index is 12.9. The quantitative estimate of drug-likeness (QED) is 0.919. The van der Waals surface area contributed by atoms with Gasteiger partial charge in [0.15, 0.2) is 0 Å². The Labute approximate surface area is 132 Å². The fourth-order valence-electron chi connectivity index (χ4n) is 2.13. The number of hydrogen-bond donors (Lipinski definition) is 1. The van der Waals surface area contributed by atoms with E-state index in [2.05, 4.69) is 5.32 Å². The standard InChI is InChI=1S/C17H17F3N2O/c1-12-8-9-13(10-15(12)17(18,19)20)21-11-16(23)22(2)14-6-4-3-5-7-14/h3-10,21H,11H2,1-2H3. The summed E-state index contributed by atoms with van der Waals surface area (Å²) in [6.45, 7) is 1.31. The van der Waals surface area contributed by atoms with Crippen molar-refractivity contribution in [1.29, 1.82) is 0 Å². The van der Waals surface area contributed by atoms with Gasteiger partial charge in [-0.05, 0) is 36.8 Å². The van der Waals surface area contributed by atoms with E-state index in [1.165, 1.54) is 24.0 Å². The molecule has 0 atom stereocenters. The second-order valence-electron chi connectivity index (χ2n) is 5.17. The van der Waals surface area contributed by atoms with Crippen molar-refractivity contribution in [2.24, 2.45) is 0 Å². The predicted octanol–water partition coefficient (Wildman–Crippen LogP) is 4.09. The van der Waals surface area contributed by atoms with Gasteiger partial charge in [0.25, 0.3) is 0 Å². The number of para-hydroxylation sites is 1. The van der Waals surface area contributed by atoms with Crippen LogP contribution in [0.15, 0.2) is 48.5 Å². The Morgan fingerprint density at radius 1 is 1.13 bits per heavy atom. The second kappa shape index (κ2) is 6.73. The number of nitrogens with one attached hydrogen (secondary N) is 1. The largest absolute Gasteiger partial charge is 0.416 e. The molecule has 0 aliphatic heterocycles. The average molecular weight is 322 g/mol. The third kappa shape index (κ3) is 4.25. The molecule has 0 saturated carbocycles. The summed E-state index contributed by atoms with van der Waals surface area (Å²) in [6.07, 6.45) is -4.41. The van der Waals surface area contributed by atoms with E-state index in [4.69, 9.17) is 0 Å². The van der Waals surface area contributed by atoms with E-state index in [1.54, 1.807) is 19.2 Å². The van der Waals surface area contributed by atoms with E-state index in [-0.39, 0.29) is 23.7 Å². The first-order valence-electron chi connectivity index (χ1n) is 7.02. The number of carbonyl (C=O) groups is 1. The molecule has 0 aliphatic carbocycles. The summed E-state index contributed by atoms with van der Waals surface area (Å²) in [5, 5.41) is 2.74. The number of carbonyl (C=O) groups excluding carboxylic acids is 1. The van der Waals surface area contributed by atoms with Crippen LogP contribution in [0.5, 0.6) is 0 Å². The minimum Gasteiger partial charge on any atom is -0.376 e. The van der Waals surface area contributed by atoms with Crippen LogP contribution in [0.1, 0.15) is 11.1 Å². The van der Waals surface area contributed by atoms with Gasteiger partial charge >= 0.3 is 6.18 Å². The van der Waals surface area contributed by atoms with Crippen molar-refractivity contribution in [2.45, 2.75) is 13.1 Å². The molecule has 0 heterocycles. The number of halogens is 3. The molecular formula is C17H17F3N2O. The fourth-order valence-corrected chi connectivity index (χ4v) is 2.13. The summed E-state index contributed by atoms with van der Waals surface area (Å²) >= 11 is 0. The summed E-state index contributed by atoms with van der Waals surface area (Å²) in [7, 11) is 1.62. The first-order valence-corrected chi connectivity index (χ1v) is 7.02. The Morgan fingerprint density at radius 2 is 1.78 bits per heavy atom. The average Bonchev–Trinajstić information content (AvgIpc) is 2.52. The summed E-state index contributed by atoms with van der Waals surface area (Å²) in [4.78, 5) is 13.6. The minimum absolute atomic E-state index is 0.0915. The highest BCUT2D eigenvalue weighted by Gasteiger charge is 2.32. The Kier molecular flexibility index (Phi) is 4.93. The summed E-state index contributed by atoms with van der Waals surface area (Å²) < 4.78 is 38.6. The first-order chi connectivity index (χ1) is 10.8. The van der Waals surface area contributed by atoms with Gasteiger partial charge < -0.3 is 10.2 Å². The van der Waals surface area contributed by atoms with E-state index in [1.807, 2.05) is 18.2 Å². The number of anilines is 2. The molecule has 0 aliphatic rings. The van der Waals surface area contributed by atoms with E-state index in [9.17, 15) is 18.0 Å². The number of nitrogens with zero attached hydrogens (tertiary/aromatic N) is 1. The second-order valence-corrected chi connectivity index (χ2v) is 5.17.